The molecule has 0 aromatic rings. The highest BCUT2D eigenvalue weighted by molar-refractivity contribution is 5.69. The molecule has 0 aliphatic carbocycles. The van der Waals surface area contributed by atoms with Crippen LogP contribution in [0.1, 0.15) is 142 Å². The van der Waals surface area contributed by atoms with Crippen LogP contribution in [0.4, 0.5) is 0 Å². The van der Waals surface area contributed by atoms with Gasteiger partial charge in [-0.05, 0) is 83.5 Å². The second kappa shape index (κ2) is 40.0. The molecular weight excluding hydrogens is 861 g/mol. The molecule has 2 rings (SSSR count). The Bertz CT molecular complexity index is 1430. The predicted octanol–water partition coefficient (Wildman–Crippen LogP) is 7.29. The van der Waals surface area contributed by atoms with Crippen molar-refractivity contribution >= 4 is 5.97 Å². The average Bonchev–Trinajstić information content (AvgIpc) is 3.32. The number of hydrogen-bond acceptors (Lipinski definition) is 14. The normalized spacial score (nSPS) is 26.8. The van der Waals surface area contributed by atoms with Crippen LogP contribution in [0.3, 0.4) is 0 Å². The van der Waals surface area contributed by atoms with Gasteiger partial charge in [0, 0.05) is 13.0 Å². The zero-order valence-corrected chi connectivity index (χ0v) is 40.6. The van der Waals surface area contributed by atoms with Crippen LogP contribution < -0.4 is 0 Å². The highest BCUT2D eigenvalue weighted by Gasteiger charge is 2.47. The Morgan fingerprint density at radius 1 is 0.507 bits per heavy atom. The third-order valence-corrected chi connectivity index (χ3v) is 11.4. The van der Waals surface area contributed by atoms with Crippen LogP contribution in [-0.4, -0.2) is 142 Å². The van der Waals surface area contributed by atoms with Gasteiger partial charge in [0.2, 0.25) is 0 Å². The lowest BCUT2D eigenvalue weighted by atomic mass is 9.98. The van der Waals surface area contributed by atoms with Crippen LogP contribution >= 0.6 is 0 Å². The van der Waals surface area contributed by atoms with E-state index < -0.39 is 86.7 Å². The number of ether oxygens (including phenoxy) is 6. The molecule has 2 aliphatic heterocycles. The molecule has 14 nitrogen and oxygen atoms in total. The maximum Gasteiger partial charge on any atom is 0.306 e. The second-order valence-electron chi connectivity index (χ2n) is 17.3. The highest BCUT2D eigenvalue weighted by atomic mass is 16.7. The van der Waals surface area contributed by atoms with Gasteiger partial charge in [-0.25, -0.2) is 0 Å². The number of esters is 1. The minimum atomic E-state index is -1.72. The van der Waals surface area contributed by atoms with Crippen LogP contribution in [0.25, 0.3) is 0 Å². The Hall–Kier alpha value is -2.83. The van der Waals surface area contributed by atoms with E-state index in [1.807, 2.05) is 0 Å². The summed E-state index contributed by atoms with van der Waals surface area (Å²) in [5.74, 6) is -0.410. The van der Waals surface area contributed by atoms with Gasteiger partial charge in [0.05, 0.1) is 26.4 Å². The molecule has 0 spiro atoms. The number of aliphatic hydroxyl groups is 7. The van der Waals surface area contributed by atoms with Crippen LogP contribution in [0.15, 0.2) is 85.1 Å². The topological polar surface area (TPSA) is 214 Å². The minimum Gasteiger partial charge on any atom is -0.457 e. The lowest BCUT2D eigenvalue weighted by Crippen LogP contribution is -2.61. The third kappa shape index (κ3) is 27.8. The van der Waals surface area contributed by atoms with Crippen molar-refractivity contribution in [2.45, 2.75) is 210 Å². The first-order valence-corrected chi connectivity index (χ1v) is 25.2. The molecule has 67 heavy (non-hydrogen) atoms. The smallest absolute Gasteiger partial charge is 0.306 e. The standard InChI is InChI=1S/C53H88O14/c1-3-5-7-9-11-13-15-17-18-19-20-21-22-23-25-27-29-31-33-35-37-62-39-42(65-45(55)36-34-32-30-28-26-24-16-14-12-10-8-6-4-2)40-63-52-51(61)49(59)47(57)44(67-52)41-64-53-50(60)48(58)46(56)43(38-54)66-53/h5,7,11,13-14,16-18,20-21,23,25,29,31,42-44,46-54,56-61H,3-4,6,8-10,12,15,19,22,24,26-28,30,32-41H2,1-2H3/b7-5-,13-11-,16-14-,18-17-,21-20-,25-23-,31-29-. The van der Waals surface area contributed by atoms with E-state index in [9.17, 15) is 40.5 Å². The number of carbonyl (C=O) groups is 1. The van der Waals surface area contributed by atoms with Crippen LogP contribution in [0.2, 0.25) is 0 Å². The first kappa shape index (κ1) is 60.3. The number of hydrogen-bond donors (Lipinski definition) is 7. The van der Waals surface area contributed by atoms with Gasteiger partial charge in [0.1, 0.15) is 54.9 Å². The van der Waals surface area contributed by atoms with Crippen molar-refractivity contribution < 1.29 is 69.0 Å². The van der Waals surface area contributed by atoms with Crippen molar-refractivity contribution in [3.8, 4) is 0 Å². The summed E-state index contributed by atoms with van der Waals surface area (Å²) in [7, 11) is 0. The number of allylic oxidation sites excluding steroid dienone is 14. The van der Waals surface area contributed by atoms with E-state index in [-0.39, 0.29) is 19.6 Å². The SMILES string of the molecule is CC/C=C\C/C=C\C/C=C\C/C=C\C/C=C\C/C=C\CCCOCC(COC1OC(COC2OC(CO)C(O)C(O)C2O)C(O)C(O)C1O)OC(=O)CCCCCCC/C=C\CCCCCC. The molecule has 7 N–H and O–H groups in total. The average molecular weight is 949 g/mol. The second-order valence-corrected chi connectivity index (χ2v) is 17.3. The molecule has 2 saturated heterocycles. The van der Waals surface area contributed by atoms with Gasteiger partial charge in [-0.1, -0.05) is 137 Å². The lowest BCUT2D eigenvalue weighted by Gasteiger charge is -2.42. The molecule has 14 heteroatoms. The molecule has 0 bridgehead atoms. The lowest BCUT2D eigenvalue weighted by molar-refractivity contribution is -0.332. The fourth-order valence-corrected chi connectivity index (χ4v) is 7.29. The van der Waals surface area contributed by atoms with Crippen molar-refractivity contribution in [3.05, 3.63) is 85.1 Å². The Kier molecular flexibility index (Phi) is 36.0. The van der Waals surface area contributed by atoms with E-state index in [1.165, 1.54) is 25.7 Å². The molecule has 384 valence electrons. The third-order valence-electron chi connectivity index (χ3n) is 11.4. The van der Waals surface area contributed by atoms with E-state index in [4.69, 9.17) is 28.4 Å². The molecule has 2 aliphatic rings. The number of carbonyl (C=O) groups excluding carboxylic acids is 1. The predicted molar refractivity (Wildman–Crippen MR) is 261 cm³/mol. The Morgan fingerprint density at radius 2 is 0.970 bits per heavy atom. The van der Waals surface area contributed by atoms with Gasteiger partial charge in [-0.15, -0.1) is 0 Å². The molecule has 2 fully saturated rings. The largest absolute Gasteiger partial charge is 0.457 e. The van der Waals surface area contributed by atoms with Crippen molar-refractivity contribution in [3.63, 3.8) is 0 Å². The zero-order chi connectivity index (χ0) is 48.7. The van der Waals surface area contributed by atoms with Gasteiger partial charge >= 0.3 is 5.97 Å². The maximum absolute atomic E-state index is 13.0. The Morgan fingerprint density at radius 3 is 1.54 bits per heavy atom. The first-order valence-electron chi connectivity index (χ1n) is 25.2. The van der Waals surface area contributed by atoms with E-state index in [1.54, 1.807) is 0 Å². The molecule has 0 radical (unpaired) electrons. The fraction of sp³-hybridized carbons (Fsp3) is 0.717. The van der Waals surface area contributed by atoms with Gasteiger partial charge < -0.3 is 64.2 Å². The Labute approximate surface area is 401 Å². The fourth-order valence-electron chi connectivity index (χ4n) is 7.29. The molecule has 0 saturated carbocycles. The summed E-state index contributed by atoms with van der Waals surface area (Å²) in [4.78, 5) is 13.0. The minimum absolute atomic E-state index is 0.0131. The van der Waals surface area contributed by atoms with E-state index in [2.05, 4.69) is 98.9 Å². The van der Waals surface area contributed by atoms with E-state index >= 15 is 0 Å². The summed E-state index contributed by atoms with van der Waals surface area (Å²) in [5, 5.41) is 72.1. The first-order chi connectivity index (χ1) is 32.6. The molecule has 11 atom stereocenters. The van der Waals surface area contributed by atoms with Gasteiger partial charge in [0.15, 0.2) is 12.6 Å². The van der Waals surface area contributed by atoms with Crippen LogP contribution in [0.5, 0.6) is 0 Å². The molecule has 0 aromatic carbocycles. The molecule has 11 unspecified atom stereocenters. The van der Waals surface area contributed by atoms with E-state index in [0.717, 1.165) is 89.9 Å². The van der Waals surface area contributed by atoms with Crippen molar-refractivity contribution in [1.29, 1.82) is 0 Å². The number of rotatable bonds is 38. The van der Waals surface area contributed by atoms with Crippen molar-refractivity contribution in [1.82, 2.24) is 0 Å². The summed E-state index contributed by atoms with van der Waals surface area (Å²) in [5.41, 5.74) is 0. The van der Waals surface area contributed by atoms with E-state index in [0.29, 0.717) is 13.0 Å². The van der Waals surface area contributed by atoms with Crippen LogP contribution in [0, 0.1) is 0 Å². The maximum atomic E-state index is 13.0. The quantitative estimate of drug-likeness (QED) is 0.0184. The number of unbranched alkanes of at least 4 members (excludes halogenated alkanes) is 10. The van der Waals surface area contributed by atoms with Crippen molar-refractivity contribution in [2.75, 3.05) is 33.0 Å². The summed E-state index contributed by atoms with van der Waals surface area (Å²) in [6, 6.07) is 0. The number of aliphatic hydroxyl groups excluding tert-OH is 7. The van der Waals surface area contributed by atoms with Gasteiger partial charge in [-0.2, -0.15) is 0 Å². The van der Waals surface area contributed by atoms with Gasteiger partial charge in [0.25, 0.3) is 0 Å². The molecule has 0 aromatic heterocycles. The Balaban J connectivity index is 1.81. The summed E-state index contributed by atoms with van der Waals surface area (Å²) in [6.07, 6.45) is 33.7. The molecule has 0 amide bonds. The highest BCUT2D eigenvalue weighted by Crippen LogP contribution is 2.26. The zero-order valence-electron chi connectivity index (χ0n) is 40.6. The molecular formula is C53H88O14. The summed E-state index contributed by atoms with van der Waals surface area (Å²) >= 11 is 0. The summed E-state index contributed by atoms with van der Waals surface area (Å²) in [6.45, 7) is 3.36. The van der Waals surface area contributed by atoms with Crippen LogP contribution in [-0.2, 0) is 33.2 Å². The summed E-state index contributed by atoms with van der Waals surface area (Å²) < 4.78 is 34.1. The van der Waals surface area contributed by atoms with Gasteiger partial charge in [-0.3, -0.25) is 4.79 Å². The molecule has 2 heterocycles. The van der Waals surface area contributed by atoms with Crippen molar-refractivity contribution in [2.24, 2.45) is 0 Å². The monoisotopic (exact) mass is 949 g/mol.